The predicted octanol–water partition coefficient (Wildman–Crippen LogP) is 1.88. The SMILES string of the molecule is Cc1nc2ccccc2n1Cc1ncncc1C(=O)O. The zero-order chi connectivity index (χ0) is 14.1. The molecule has 100 valence electrons. The second-order valence-electron chi connectivity index (χ2n) is 4.42. The van der Waals surface area contributed by atoms with Gasteiger partial charge in [0.1, 0.15) is 17.7 Å². The van der Waals surface area contributed by atoms with Gasteiger partial charge in [0.15, 0.2) is 0 Å². The molecule has 6 nitrogen and oxygen atoms in total. The van der Waals surface area contributed by atoms with Crippen molar-refractivity contribution in [2.24, 2.45) is 0 Å². The minimum absolute atomic E-state index is 0.115. The number of nitrogens with zero attached hydrogens (tertiary/aromatic N) is 4. The van der Waals surface area contributed by atoms with E-state index in [0.717, 1.165) is 16.9 Å². The van der Waals surface area contributed by atoms with Gasteiger partial charge in [-0.05, 0) is 19.1 Å². The Balaban J connectivity index is 2.10. The largest absolute Gasteiger partial charge is 0.478 e. The molecule has 0 aliphatic heterocycles. The fourth-order valence-corrected chi connectivity index (χ4v) is 2.20. The van der Waals surface area contributed by atoms with Crippen LogP contribution in [0.2, 0.25) is 0 Å². The summed E-state index contributed by atoms with van der Waals surface area (Å²) in [6.07, 6.45) is 2.68. The maximum absolute atomic E-state index is 11.2. The van der Waals surface area contributed by atoms with Crippen LogP contribution < -0.4 is 0 Å². The molecule has 0 radical (unpaired) electrons. The van der Waals surface area contributed by atoms with E-state index in [1.807, 2.05) is 35.8 Å². The van der Waals surface area contributed by atoms with Gasteiger partial charge in [-0.15, -0.1) is 0 Å². The van der Waals surface area contributed by atoms with Crippen LogP contribution in [-0.4, -0.2) is 30.6 Å². The first-order chi connectivity index (χ1) is 9.66. The summed E-state index contributed by atoms with van der Waals surface area (Å²) in [5.41, 5.74) is 2.43. The van der Waals surface area contributed by atoms with Gasteiger partial charge in [-0.2, -0.15) is 0 Å². The molecule has 0 saturated heterocycles. The van der Waals surface area contributed by atoms with E-state index < -0.39 is 5.97 Å². The van der Waals surface area contributed by atoms with Gasteiger partial charge in [0.05, 0.1) is 23.3 Å². The number of rotatable bonds is 3. The zero-order valence-electron chi connectivity index (χ0n) is 10.8. The van der Waals surface area contributed by atoms with Crippen LogP contribution >= 0.6 is 0 Å². The number of carboxylic acid groups (broad SMARTS) is 1. The van der Waals surface area contributed by atoms with Crippen LogP contribution in [0, 0.1) is 6.92 Å². The number of aromatic carboxylic acids is 1. The first kappa shape index (κ1) is 12.3. The Morgan fingerprint density at radius 2 is 2.15 bits per heavy atom. The van der Waals surface area contributed by atoms with Gasteiger partial charge in [0.25, 0.3) is 0 Å². The number of carbonyl (C=O) groups is 1. The Kier molecular flexibility index (Phi) is 2.90. The van der Waals surface area contributed by atoms with Crippen LogP contribution in [0.1, 0.15) is 21.9 Å². The Morgan fingerprint density at radius 3 is 2.95 bits per heavy atom. The fourth-order valence-electron chi connectivity index (χ4n) is 2.20. The standard InChI is InChI=1S/C14H12N4O2/c1-9-17-11-4-2-3-5-13(11)18(9)7-12-10(14(19)20)6-15-8-16-12/h2-6,8H,7H2,1H3,(H,19,20). The van der Waals surface area contributed by atoms with Crippen molar-refractivity contribution in [2.75, 3.05) is 0 Å². The number of aromatic nitrogens is 4. The predicted molar refractivity (Wildman–Crippen MR) is 72.6 cm³/mol. The lowest BCUT2D eigenvalue weighted by molar-refractivity contribution is 0.0694. The number of benzene rings is 1. The third-order valence-electron chi connectivity index (χ3n) is 3.18. The molecule has 20 heavy (non-hydrogen) atoms. The van der Waals surface area contributed by atoms with E-state index in [1.165, 1.54) is 12.5 Å². The molecular formula is C14H12N4O2. The average molecular weight is 268 g/mol. The van der Waals surface area contributed by atoms with E-state index in [0.29, 0.717) is 12.2 Å². The van der Waals surface area contributed by atoms with Crippen molar-refractivity contribution in [3.05, 3.63) is 53.9 Å². The average Bonchev–Trinajstić information content (AvgIpc) is 2.76. The Labute approximate surface area is 114 Å². The van der Waals surface area contributed by atoms with Crippen molar-refractivity contribution in [1.29, 1.82) is 0 Å². The van der Waals surface area contributed by atoms with Gasteiger partial charge in [-0.25, -0.2) is 19.7 Å². The molecule has 0 aliphatic carbocycles. The summed E-state index contributed by atoms with van der Waals surface area (Å²) in [5.74, 6) is -0.205. The number of hydrogen-bond acceptors (Lipinski definition) is 4. The van der Waals surface area contributed by atoms with Crippen LogP contribution in [0.3, 0.4) is 0 Å². The maximum Gasteiger partial charge on any atom is 0.339 e. The van der Waals surface area contributed by atoms with E-state index >= 15 is 0 Å². The van der Waals surface area contributed by atoms with Gasteiger partial charge < -0.3 is 9.67 Å². The van der Waals surface area contributed by atoms with Crippen molar-refractivity contribution in [3.63, 3.8) is 0 Å². The Hall–Kier alpha value is -2.76. The molecule has 2 heterocycles. The van der Waals surface area contributed by atoms with E-state index in [-0.39, 0.29) is 5.56 Å². The highest BCUT2D eigenvalue weighted by atomic mass is 16.4. The van der Waals surface area contributed by atoms with Crippen molar-refractivity contribution < 1.29 is 9.90 Å². The lowest BCUT2D eigenvalue weighted by Gasteiger charge is -2.08. The molecule has 6 heteroatoms. The molecule has 0 unspecified atom stereocenters. The van der Waals surface area contributed by atoms with E-state index in [2.05, 4.69) is 15.0 Å². The molecule has 0 bridgehead atoms. The Morgan fingerprint density at radius 1 is 1.35 bits per heavy atom. The number of imidazole rings is 1. The van der Waals surface area contributed by atoms with Gasteiger partial charge in [-0.3, -0.25) is 0 Å². The van der Waals surface area contributed by atoms with Crippen molar-refractivity contribution in [1.82, 2.24) is 19.5 Å². The lowest BCUT2D eigenvalue weighted by Crippen LogP contribution is -2.11. The topological polar surface area (TPSA) is 80.9 Å². The molecular weight excluding hydrogens is 256 g/mol. The fraction of sp³-hybridized carbons (Fsp3) is 0.143. The highest BCUT2D eigenvalue weighted by Gasteiger charge is 2.14. The van der Waals surface area contributed by atoms with Gasteiger partial charge >= 0.3 is 5.97 Å². The molecule has 3 rings (SSSR count). The third kappa shape index (κ3) is 2.01. The van der Waals surface area contributed by atoms with Crippen molar-refractivity contribution >= 4 is 17.0 Å². The van der Waals surface area contributed by atoms with Crippen LogP contribution in [-0.2, 0) is 6.54 Å². The number of para-hydroxylation sites is 2. The first-order valence-corrected chi connectivity index (χ1v) is 6.11. The van der Waals surface area contributed by atoms with Crippen molar-refractivity contribution in [2.45, 2.75) is 13.5 Å². The molecule has 0 amide bonds. The maximum atomic E-state index is 11.2. The lowest BCUT2D eigenvalue weighted by atomic mass is 10.2. The minimum atomic E-state index is -1.03. The second-order valence-corrected chi connectivity index (χ2v) is 4.42. The molecule has 1 aromatic carbocycles. The second kappa shape index (κ2) is 4.73. The summed E-state index contributed by atoms with van der Waals surface area (Å²) in [7, 11) is 0. The number of hydrogen-bond donors (Lipinski definition) is 1. The molecule has 0 atom stereocenters. The number of fused-ring (bicyclic) bond motifs is 1. The summed E-state index contributed by atoms with van der Waals surface area (Å²) >= 11 is 0. The van der Waals surface area contributed by atoms with E-state index in [1.54, 1.807) is 0 Å². The summed E-state index contributed by atoms with van der Waals surface area (Å²) in [6, 6.07) is 7.73. The molecule has 0 saturated carbocycles. The monoisotopic (exact) mass is 268 g/mol. The van der Waals surface area contributed by atoms with Gasteiger partial charge in [0.2, 0.25) is 0 Å². The molecule has 0 fully saturated rings. The number of carboxylic acids is 1. The first-order valence-electron chi connectivity index (χ1n) is 6.11. The molecule has 0 spiro atoms. The zero-order valence-corrected chi connectivity index (χ0v) is 10.8. The van der Waals surface area contributed by atoms with Gasteiger partial charge in [-0.1, -0.05) is 12.1 Å². The molecule has 0 aliphatic rings. The third-order valence-corrected chi connectivity index (χ3v) is 3.18. The van der Waals surface area contributed by atoms with Gasteiger partial charge in [0, 0.05) is 6.20 Å². The van der Waals surface area contributed by atoms with Crippen LogP contribution in [0.15, 0.2) is 36.8 Å². The normalized spacial score (nSPS) is 10.8. The molecule has 2 aromatic heterocycles. The Bertz CT molecular complexity index is 795. The minimum Gasteiger partial charge on any atom is -0.478 e. The van der Waals surface area contributed by atoms with E-state index in [9.17, 15) is 9.90 Å². The van der Waals surface area contributed by atoms with E-state index in [4.69, 9.17) is 0 Å². The smallest absolute Gasteiger partial charge is 0.339 e. The van der Waals surface area contributed by atoms with Crippen LogP contribution in [0.25, 0.3) is 11.0 Å². The van der Waals surface area contributed by atoms with Crippen LogP contribution in [0.5, 0.6) is 0 Å². The number of aryl methyl sites for hydroxylation is 1. The highest BCUT2D eigenvalue weighted by molar-refractivity contribution is 5.88. The quantitative estimate of drug-likeness (QED) is 0.784. The van der Waals surface area contributed by atoms with Crippen LogP contribution in [0.4, 0.5) is 0 Å². The summed E-state index contributed by atoms with van der Waals surface area (Å²) in [5, 5.41) is 9.17. The summed E-state index contributed by atoms with van der Waals surface area (Å²) in [4.78, 5) is 23.5. The molecule has 3 aromatic rings. The summed E-state index contributed by atoms with van der Waals surface area (Å²) < 4.78 is 1.95. The van der Waals surface area contributed by atoms with Crippen molar-refractivity contribution in [3.8, 4) is 0 Å². The molecule has 1 N–H and O–H groups in total. The highest BCUT2D eigenvalue weighted by Crippen LogP contribution is 2.17. The summed E-state index contributed by atoms with van der Waals surface area (Å²) in [6.45, 7) is 2.25.